The largest absolute Gasteiger partial charge is 0.473 e. The molecule has 0 aromatic carbocycles. The summed E-state index contributed by atoms with van der Waals surface area (Å²) < 4.78 is 6.19. The molecule has 2 aliphatic heterocycles. The normalized spacial score (nSPS) is 26.7. The highest BCUT2D eigenvalue weighted by Gasteiger charge is 2.51. The van der Waals surface area contributed by atoms with E-state index < -0.39 is 0 Å². The number of aromatic nitrogens is 1. The Kier molecular flexibility index (Phi) is 3.32. The van der Waals surface area contributed by atoms with Gasteiger partial charge in [-0.15, -0.1) is 11.8 Å². The third kappa shape index (κ3) is 2.89. The summed E-state index contributed by atoms with van der Waals surface area (Å²) in [5.41, 5.74) is 0. The van der Waals surface area contributed by atoms with Crippen LogP contribution in [-0.2, 0) is 4.79 Å². The summed E-state index contributed by atoms with van der Waals surface area (Å²) in [5, 5.41) is 0. The second kappa shape index (κ2) is 5.20. The second-order valence-corrected chi connectivity index (χ2v) is 7.99. The van der Waals surface area contributed by atoms with Gasteiger partial charge in [0.15, 0.2) is 0 Å². The summed E-state index contributed by atoms with van der Waals surface area (Å²) in [6, 6.07) is 5.75. The number of thioether (sulfide) groups is 1. The maximum absolute atomic E-state index is 12.1. The average Bonchev–Trinajstić information content (AvgIpc) is 3.15. The van der Waals surface area contributed by atoms with Crippen LogP contribution < -0.4 is 4.74 Å². The number of hydrogen-bond acceptors (Lipinski definition) is 4. The molecule has 1 spiro atoms. The fourth-order valence-corrected chi connectivity index (χ4v) is 4.73. The molecule has 0 radical (unpaired) electrons. The zero-order valence-corrected chi connectivity index (χ0v) is 12.8. The number of ether oxygens (including phenoxy) is 1. The van der Waals surface area contributed by atoms with Gasteiger partial charge in [0.1, 0.15) is 6.10 Å². The summed E-state index contributed by atoms with van der Waals surface area (Å²) >= 11 is 1.97. The Hall–Kier alpha value is -1.23. The Morgan fingerprint density at radius 3 is 3.00 bits per heavy atom. The molecule has 1 aliphatic carbocycles. The number of pyridine rings is 1. The molecule has 21 heavy (non-hydrogen) atoms. The molecule has 2 saturated heterocycles. The molecule has 4 nitrogen and oxygen atoms in total. The molecule has 4 rings (SSSR count). The Morgan fingerprint density at radius 1 is 1.43 bits per heavy atom. The monoisotopic (exact) mass is 304 g/mol. The maximum atomic E-state index is 12.1. The summed E-state index contributed by atoms with van der Waals surface area (Å²) in [6.07, 6.45) is 6.29. The van der Waals surface area contributed by atoms with Gasteiger partial charge in [-0.25, -0.2) is 4.98 Å². The highest BCUT2D eigenvalue weighted by Crippen LogP contribution is 2.46. The van der Waals surface area contributed by atoms with E-state index in [-0.39, 0.29) is 10.9 Å². The summed E-state index contributed by atoms with van der Waals surface area (Å²) in [7, 11) is 0. The van der Waals surface area contributed by atoms with Crippen molar-refractivity contribution >= 4 is 17.7 Å². The van der Waals surface area contributed by atoms with E-state index in [9.17, 15) is 4.79 Å². The lowest BCUT2D eigenvalue weighted by molar-refractivity contribution is -0.136. The van der Waals surface area contributed by atoms with Gasteiger partial charge in [-0.05, 0) is 24.8 Å². The molecule has 112 valence electrons. The molecule has 1 aromatic heterocycles. The van der Waals surface area contributed by atoms with E-state index in [4.69, 9.17) is 4.74 Å². The Bertz CT molecular complexity index is 526. The number of amides is 1. The lowest BCUT2D eigenvalue weighted by Gasteiger charge is -2.47. The lowest BCUT2D eigenvalue weighted by atomic mass is 9.92. The molecular formula is C16H20N2O2S. The fourth-order valence-electron chi connectivity index (χ4n) is 3.21. The van der Waals surface area contributed by atoms with Crippen LogP contribution in [0.1, 0.15) is 25.7 Å². The Balaban J connectivity index is 1.28. The third-order valence-electron chi connectivity index (χ3n) is 4.57. The summed E-state index contributed by atoms with van der Waals surface area (Å²) in [6.45, 7) is 1.82. The first-order valence-electron chi connectivity index (χ1n) is 7.72. The number of carbonyl (C=O) groups is 1. The van der Waals surface area contributed by atoms with Gasteiger partial charge in [-0.2, -0.15) is 0 Å². The van der Waals surface area contributed by atoms with Gasteiger partial charge in [0, 0.05) is 43.9 Å². The van der Waals surface area contributed by atoms with E-state index in [0.717, 1.165) is 31.7 Å². The standard InChI is InChI=1S/C16H20N2O2S/c19-15(7-12-4-5-12)18-10-16(11-18)8-13(9-21-16)20-14-3-1-2-6-17-14/h1-3,6,12-13H,4-5,7-11H2/t13-/m1/s1. The smallest absolute Gasteiger partial charge is 0.222 e. The number of hydrogen-bond donors (Lipinski definition) is 0. The number of likely N-dealkylation sites (tertiary alicyclic amines) is 1. The number of carbonyl (C=O) groups excluding carboxylic acids is 1. The molecule has 1 amide bonds. The van der Waals surface area contributed by atoms with E-state index in [0.29, 0.717) is 17.7 Å². The predicted molar refractivity (Wildman–Crippen MR) is 82.4 cm³/mol. The minimum absolute atomic E-state index is 0.227. The van der Waals surface area contributed by atoms with Crippen LogP contribution in [0.25, 0.3) is 0 Å². The quantitative estimate of drug-likeness (QED) is 0.856. The summed E-state index contributed by atoms with van der Waals surface area (Å²) in [4.78, 5) is 18.3. The average molecular weight is 304 g/mol. The Labute approximate surface area is 129 Å². The van der Waals surface area contributed by atoms with Gasteiger partial charge >= 0.3 is 0 Å². The minimum atomic E-state index is 0.227. The second-order valence-electron chi connectivity index (χ2n) is 6.50. The minimum Gasteiger partial charge on any atom is -0.473 e. The van der Waals surface area contributed by atoms with E-state index in [1.807, 2.05) is 34.9 Å². The van der Waals surface area contributed by atoms with Crippen LogP contribution in [0.15, 0.2) is 24.4 Å². The predicted octanol–water partition coefficient (Wildman–Crippen LogP) is 2.35. The van der Waals surface area contributed by atoms with Gasteiger partial charge in [0.2, 0.25) is 11.8 Å². The van der Waals surface area contributed by atoms with Gasteiger partial charge < -0.3 is 9.64 Å². The van der Waals surface area contributed by atoms with Crippen molar-refractivity contribution in [1.82, 2.24) is 9.88 Å². The first-order valence-corrected chi connectivity index (χ1v) is 8.70. The first kappa shape index (κ1) is 13.4. The van der Waals surface area contributed by atoms with Crippen LogP contribution in [0, 0.1) is 5.92 Å². The molecule has 0 unspecified atom stereocenters. The molecule has 1 atom stereocenters. The third-order valence-corrected chi connectivity index (χ3v) is 6.15. The van der Waals surface area contributed by atoms with Crippen molar-refractivity contribution in [3.8, 4) is 5.88 Å². The molecule has 3 heterocycles. The SMILES string of the molecule is O=C(CC1CC1)N1CC2(C[C@@H](Oc3ccccn3)CS2)C1. The van der Waals surface area contributed by atoms with Crippen LogP contribution in [0.5, 0.6) is 5.88 Å². The molecule has 5 heteroatoms. The van der Waals surface area contributed by atoms with Gasteiger partial charge in [-0.3, -0.25) is 4.79 Å². The van der Waals surface area contributed by atoms with E-state index in [1.54, 1.807) is 6.20 Å². The van der Waals surface area contributed by atoms with Crippen LogP contribution in [0.3, 0.4) is 0 Å². The highest BCUT2D eigenvalue weighted by molar-refractivity contribution is 8.01. The molecular weight excluding hydrogens is 284 g/mol. The highest BCUT2D eigenvalue weighted by atomic mass is 32.2. The van der Waals surface area contributed by atoms with Crippen LogP contribution in [-0.4, -0.2) is 45.5 Å². The van der Waals surface area contributed by atoms with Gasteiger partial charge in [0.05, 0.1) is 4.75 Å². The lowest BCUT2D eigenvalue weighted by Crippen LogP contribution is -2.60. The topological polar surface area (TPSA) is 42.4 Å². The zero-order chi connectivity index (χ0) is 14.3. The van der Waals surface area contributed by atoms with Crippen molar-refractivity contribution < 1.29 is 9.53 Å². The van der Waals surface area contributed by atoms with Gasteiger partial charge in [0.25, 0.3) is 0 Å². The van der Waals surface area contributed by atoms with Crippen molar-refractivity contribution in [2.24, 2.45) is 5.92 Å². The van der Waals surface area contributed by atoms with E-state index in [1.165, 1.54) is 12.8 Å². The van der Waals surface area contributed by atoms with Crippen LogP contribution in [0.2, 0.25) is 0 Å². The summed E-state index contributed by atoms with van der Waals surface area (Å²) in [5.74, 6) is 2.76. The van der Waals surface area contributed by atoms with Crippen molar-refractivity contribution in [2.45, 2.75) is 36.5 Å². The van der Waals surface area contributed by atoms with Crippen LogP contribution >= 0.6 is 11.8 Å². The fraction of sp³-hybridized carbons (Fsp3) is 0.625. The first-order chi connectivity index (χ1) is 10.2. The van der Waals surface area contributed by atoms with Crippen molar-refractivity contribution in [3.63, 3.8) is 0 Å². The molecule has 0 bridgehead atoms. The van der Waals surface area contributed by atoms with E-state index in [2.05, 4.69) is 4.98 Å². The molecule has 0 N–H and O–H groups in total. The molecule has 3 fully saturated rings. The van der Waals surface area contributed by atoms with Crippen molar-refractivity contribution in [2.75, 3.05) is 18.8 Å². The van der Waals surface area contributed by atoms with Gasteiger partial charge in [-0.1, -0.05) is 6.07 Å². The van der Waals surface area contributed by atoms with Crippen LogP contribution in [0.4, 0.5) is 0 Å². The molecule has 1 saturated carbocycles. The number of nitrogens with zero attached hydrogens (tertiary/aromatic N) is 2. The van der Waals surface area contributed by atoms with Crippen molar-refractivity contribution in [1.29, 1.82) is 0 Å². The van der Waals surface area contributed by atoms with Crippen molar-refractivity contribution in [3.05, 3.63) is 24.4 Å². The number of rotatable bonds is 4. The van der Waals surface area contributed by atoms with E-state index >= 15 is 0 Å². The molecule has 1 aromatic rings. The zero-order valence-electron chi connectivity index (χ0n) is 12.0. The molecule has 3 aliphatic rings. The maximum Gasteiger partial charge on any atom is 0.222 e. The Morgan fingerprint density at radius 2 is 2.29 bits per heavy atom.